The Kier molecular flexibility index (Phi) is 5.42. The van der Waals surface area contributed by atoms with Crippen molar-refractivity contribution in [2.24, 2.45) is 0 Å². The molecule has 0 bridgehead atoms. The average Bonchev–Trinajstić information content (AvgIpc) is 2.98. The zero-order chi connectivity index (χ0) is 21.3. The third-order valence-corrected chi connectivity index (χ3v) is 5.34. The highest BCUT2D eigenvalue weighted by atomic mass is 79.9. The van der Waals surface area contributed by atoms with Crippen molar-refractivity contribution in [2.75, 3.05) is 29.2 Å². The number of imide groups is 1. The van der Waals surface area contributed by atoms with Gasteiger partial charge in [0.2, 0.25) is 0 Å². The Morgan fingerprint density at radius 2 is 1.57 bits per heavy atom. The normalized spacial score (nSPS) is 13.8. The second-order valence-electron chi connectivity index (χ2n) is 7.11. The third kappa shape index (κ3) is 3.74. The van der Waals surface area contributed by atoms with Gasteiger partial charge in [0.15, 0.2) is 0 Å². The second kappa shape index (κ2) is 8.16. The molecule has 1 N–H and O–H groups in total. The summed E-state index contributed by atoms with van der Waals surface area (Å²) in [6.45, 7) is 0. The van der Waals surface area contributed by atoms with Gasteiger partial charge in [-0.15, -0.1) is 0 Å². The fourth-order valence-corrected chi connectivity index (χ4v) is 3.77. The number of halogens is 1. The molecule has 0 aromatic heterocycles. The first kappa shape index (κ1) is 19.9. The Morgan fingerprint density at radius 1 is 0.833 bits per heavy atom. The minimum absolute atomic E-state index is 0.263. The molecule has 6 heteroatoms. The van der Waals surface area contributed by atoms with Crippen LogP contribution in [0.3, 0.4) is 0 Å². The zero-order valence-corrected chi connectivity index (χ0v) is 18.2. The lowest BCUT2D eigenvalue weighted by Gasteiger charge is -2.19. The van der Waals surface area contributed by atoms with Crippen LogP contribution in [0.15, 0.2) is 89.0 Å². The van der Waals surface area contributed by atoms with Crippen LogP contribution in [0.5, 0.6) is 0 Å². The Hall–Kier alpha value is -3.38. The maximum Gasteiger partial charge on any atom is 0.282 e. The lowest BCUT2D eigenvalue weighted by atomic mass is 10.0. The second-order valence-corrected chi connectivity index (χ2v) is 8.03. The van der Waals surface area contributed by atoms with Crippen molar-refractivity contribution < 1.29 is 9.59 Å². The zero-order valence-electron chi connectivity index (χ0n) is 16.6. The summed E-state index contributed by atoms with van der Waals surface area (Å²) in [5, 5.41) is 3.17. The molecule has 5 nitrogen and oxygen atoms in total. The van der Waals surface area contributed by atoms with Crippen LogP contribution in [0.4, 0.5) is 17.1 Å². The largest absolute Gasteiger partial charge is 0.378 e. The Morgan fingerprint density at radius 3 is 2.27 bits per heavy atom. The summed E-state index contributed by atoms with van der Waals surface area (Å²) in [5.74, 6) is -0.727. The SMILES string of the molecule is CN(C)c1cccc(N2C(=O)C(Nc3cccc(Br)c3)=C(c3ccccc3)C2=O)c1. The molecule has 3 aromatic carbocycles. The van der Waals surface area contributed by atoms with Gasteiger partial charge in [0.05, 0.1) is 11.3 Å². The lowest BCUT2D eigenvalue weighted by Crippen LogP contribution is -2.32. The van der Waals surface area contributed by atoms with Crippen molar-refractivity contribution in [3.05, 3.63) is 94.6 Å². The predicted octanol–water partition coefficient (Wildman–Crippen LogP) is 4.91. The number of amides is 2. The molecular weight excluding hydrogens is 442 g/mol. The topological polar surface area (TPSA) is 52.6 Å². The molecule has 0 saturated heterocycles. The molecule has 0 spiro atoms. The Balaban J connectivity index is 1.81. The Bertz CT molecular complexity index is 1160. The van der Waals surface area contributed by atoms with Crippen LogP contribution in [0, 0.1) is 0 Å². The highest BCUT2D eigenvalue weighted by Crippen LogP contribution is 2.35. The molecule has 1 heterocycles. The van der Waals surface area contributed by atoms with Crippen LogP contribution in [0.25, 0.3) is 5.57 Å². The molecule has 0 unspecified atom stereocenters. The van der Waals surface area contributed by atoms with E-state index < -0.39 is 0 Å². The van der Waals surface area contributed by atoms with E-state index in [-0.39, 0.29) is 17.5 Å². The molecule has 1 aliphatic rings. The van der Waals surface area contributed by atoms with Gasteiger partial charge in [0.1, 0.15) is 5.70 Å². The molecule has 0 saturated carbocycles. The molecule has 0 radical (unpaired) electrons. The molecular formula is C24H20BrN3O2. The van der Waals surface area contributed by atoms with Crippen LogP contribution in [0.1, 0.15) is 5.56 Å². The first-order valence-electron chi connectivity index (χ1n) is 9.44. The lowest BCUT2D eigenvalue weighted by molar-refractivity contribution is -0.120. The molecule has 0 fully saturated rings. The van der Waals surface area contributed by atoms with Crippen LogP contribution in [-0.4, -0.2) is 25.9 Å². The molecule has 30 heavy (non-hydrogen) atoms. The van der Waals surface area contributed by atoms with E-state index >= 15 is 0 Å². The van der Waals surface area contributed by atoms with E-state index in [2.05, 4.69) is 21.2 Å². The fourth-order valence-electron chi connectivity index (χ4n) is 3.37. The Labute approximate surface area is 183 Å². The summed E-state index contributed by atoms with van der Waals surface area (Å²) >= 11 is 3.45. The first-order chi connectivity index (χ1) is 14.5. The van der Waals surface area contributed by atoms with Crippen LogP contribution < -0.4 is 15.1 Å². The van der Waals surface area contributed by atoms with E-state index in [1.165, 1.54) is 4.90 Å². The van der Waals surface area contributed by atoms with E-state index in [1.54, 1.807) is 6.07 Å². The van der Waals surface area contributed by atoms with E-state index in [9.17, 15) is 9.59 Å². The van der Waals surface area contributed by atoms with Crippen molar-refractivity contribution in [3.63, 3.8) is 0 Å². The third-order valence-electron chi connectivity index (χ3n) is 4.84. The van der Waals surface area contributed by atoms with Crippen LogP contribution >= 0.6 is 15.9 Å². The number of nitrogens with zero attached hydrogens (tertiary/aromatic N) is 2. The van der Waals surface area contributed by atoms with Crippen LogP contribution in [-0.2, 0) is 9.59 Å². The minimum Gasteiger partial charge on any atom is -0.378 e. The molecule has 150 valence electrons. The molecule has 0 aliphatic carbocycles. The van der Waals surface area contributed by atoms with E-state index in [1.807, 2.05) is 91.8 Å². The van der Waals surface area contributed by atoms with Gasteiger partial charge >= 0.3 is 0 Å². The highest BCUT2D eigenvalue weighted by molar-refractivity contribution is 9.10. The summed E-state index contributed by atoms with van der Waals surface area (Å²) in [7, 11) is 3.83. The quantitative estimate of drug-likeness (QED) is 0.548. The van der Waals surface area contributed by atoms with E-state index in [0.29, 0.717) is 16.8 Å². The van der Waals surface area contributed by atoms with Gasteiger partial charge in [-0.2, -0.15) is 0 Å². The van der Waals surface area contributed by atoms with Crippen molar-refractivity contribution in [2.45, 2.75) is 0 Å². The number of anilines is 3. The highest BCUT2D eigenvalue weighted by Gasteiger charge is 2.40. The molecule has 4 rings (SSSR count). The number of benzene rings is 3. The smallest absolute Gasteiger partial charge is 0.282 e. The van der Waals surface area contributed by atoms with Gasteiger partial charge in [-0.05, 0) is 42.0 Å². The number of hydrogen-bond acceptors (Lipinski definition) is 4. The standard InChI is InChI=1S/C24H20BrN3O2/c1-27(2)19-12-7-13-20(15-19)28-23(29)21(16-8-4-3-5-9-16)22(24(28)30)26-18-11-6-10-17(25)14-18/h3-15,26H,1-2H3. The molecule has 1 aliphatic heterocycles. The van der Waals surface area contributed by atoms with Gasteiger partial charge < -0.3 is 10.2 Å². The van der Waals surface area contributed by atoms with Crippen molar-refractivity contribution >= 4 is 50.4 Å². The number of hydrogen-bond donors (Lipinski definition) is 1. The van der Waals surface area contributed by atoms with Gasteiger partial charge in [-0.25, -0.2) is 4.90 Å². The summed E-state index contributed by atoms with van der Waals surface area (Å²) in [5.41, 5.74) is 3.48. The molecule has 0 atom stereocenters. The van der Waals surface area contributed by atoms with Gasteiger partial charge in [-0.1, -0.05) is 58.4 Å². The fraction of sp³-hybridized carbons (Fsp3) is 0.0833. The van der Waals surface area contributed by atoms with Crippen molar-refractivity contribution in [3.8, 4) is 0 Å². The molecule has 3 aromatic rings. The maximum absolute atomic E-state index is 13.4. The average molecular weight is 462 g/mol. The van der Waals surface area contributed by atoms with E-state index in [4.69, 9.17) is 0 Å². The monoisotopic (exact) mass is 461 g/mol. The van der Waals surface area contributed by atoms with Crippen LogP contribution in [0.2, 0.25) is 0 Å². The number of rotatable bonds is 5. The summed E-state index contributed by atoms with van der Waals surface area (Å²) in [6.07, 6.45) is 0. The molecule has 2 amide bonds. The summed E-state index contributed by atoms with van der Waals surface area (Å²) in [6, 6.07) is 24.1. The summed E-state index contributed by atoms with van der Waals surface area (Å²) in [4.78, 5) is 30.0. The number of carbonyl (C=O) groups excluding carboxylic acids is 2. The van der Waals surface area contributed by atoms with Gasteiger partial charge in [-0.3, -0.25) is 9.59 Å². The predicted molar refractivity (Wildman–Crippen MR) is 124 cm³/mol. The van der Waals surface area contributed by atoms with Gasteiger partial charge in [0, 0.05) is 29.9 Å². The first-order valence-corrected chi connectivity index (χ1v) is 10.2. The van der Waals surface area contributed by atoms with Crippen molar-refractivity contribution in [1.82, 2.24) is 0 Å². The maximum atomic E-state index is 13.4. The number of carbonyl (C=O) groups is 2. The van der Waals surface area contributed by atoms with Crippen molar-refractivity contribution in [1.29, 1.82) is 0 Å². The van der Waals surface area contributed by atoms with Gasteiger partial charge in [0.25, 0.3) is 11.8 Å². The number of nitrogens with one attached hydrogen (secondary N) is 1. The summed E-state index contributed by atoms with van der Waals surface area (Å²) < 4.78 is 0.877. The van der Waals surface area contributed by atoms with E-state index in [0.717, 1.165) is 15.8 Å². The minimum atomic E-state index is -0.380.